The Hall–Kier alpha value is -2.55. The van der Waals surface area contributed by atoms with Crippen molar-refractivity contribution in [1.82, 2.24) is 0 Å². The van der Waals surface area contributed by atoms with E-state index < -0.39 is 12.0 Å². The second-order valence-corrected chi connectivity index (χ2v) is 5.08. The minimum Gasteiger partial charge on any atom is -0.489 e. The number of methoxy groups -OCH3 is 1. The van der Waals surface area contributed by atoms with Crippen LogP contribution >= 0.6 is 12.4 Å². The van der Waals surface area contributed by atoms with Gasteiger partial charge in [0, 0.05) is 0 Å². The highest BCUT2D eigenvalue weighted by Crippen LogP contribution is 2.15. The number of hydrogen-bond donors (Lipinski definition) is 1. The molecule has 0 amide bonds. The molecule has 0 radical (unpaired) electrons. The molecule has 0 aliphatic heterocycles. The van der Waals surface area contributed by atoms with Crippen molar-refractivity contribution in [2.75, 3.05) is 7.11 Å². The molecule has 126 valence electrons. The van der Waals surface area contributed by atoms with Crippen LogP contribution < -0.4 is 10.5 Å². The number of esters is 1. The van der Waals surface area contributed by atoms with E-state index in [9.17, 15) is 4.79 Å². The summed E-state index contributed by atoms with van der Waals surface area (Å²) in [7, 11) is 1.32. The van der Waals surface area contributed by atoms with Crippen molar-refractivity contribution in [3.63, 3.8) is 0 Å². The van der Waals surface area contributed by atoms with Gasteiger partial charge < -0.3 is 15.2 Å². The number of ether oxygens (including phenoxy) is 2. The van der Waals surface area contributed by atoms with Gasteiger partial charge in [-0.05, 0) is 41.8 Å². The molecule has 0 fully saturated rings. The number of rotatable bonds is 6. The molecule has 1 atom stereocenters. The van der Waals surface area contributed by atoms with E-state index in [0.717, 1.165) is 16.9 Å². The van der Waals surface area contributed by atoms with Crippen LogP contribution in [0.2, 0.25) is 0 Å². The maximum Gasteiger partial charge on any atom is 0.322 e. The first kappa shape index (κ1) is 19.5. The number of nitrogens with two attached hydrogens (primary N) is 1. The summed E-state index contributed by atoms with van der Waals surface area (Å²) in [5.41, 5.74) is 8.28. The Morgan fingerprint density at radius 1 is 1.12 bits per heavy atom. The molecule has 0 heterocycles. The van der Waals surface area contributed by atoms with Gasteiger partial charge in [0.15, 0.2) is 0 Å². The maximum atomic E-state index is 11.3. The van der Waals surface area contributed by atoms with Crippen molar-refractivity contribution in [2.24, 2.45) is 5.73 Å². The Bertz CT molecular complexity index is 694. The average Bonchev–Trinajstić information content (AvgIpc) is 2.60. The molecule has 5 nitrogen and oxygen atoms in total. The topological polar surface area (TPSA) is 85.3 Å². The third-order valence-electron chi connectivity index (χ3n) is 3.37. The normalized spacial score (nSPS) is 10.9. The highest BCUT2D eigenvalue weighted by atomic mass is 35.5. The highest BCUT2D eigenvalue weighted by Gasteiger charge is 2.13. The molecule has 0 spiro atoms. The molecular formula is C18H19ClN2O3. The van der Waals surface area contributed by atoms with Gasteiger partial charge in [-0.25, -0.2) is 0 Å². The van der Waals surface area contributed by atoms with Crippen LogP contribution in [0.3, 0.4) is 0 Å². The van der Waals surface area contributed by atoms with Crippen molar-refractivity contribution >= 4 is 18.4 Å². The molecule has 1 unspecified atom stereocenters. The second-order valence-electron chi connectivity index (χ2n) is 5.08. The van der Waals surface area contributed by atoms with Gasteiger partial charge in [0.1, 0.15) is 18.4 Å². The van der Waals surface area contributed by atoms with Crippen LogP contribution in [-0.4, -0.2) is 19.1 Å². The maximum absolute atomic E-state index is 11.3. The summed E-state index contributed by atoms with van der Waals surface area (Å²) in [6.07, 6.45) is 0.419. The van der Waals surface area contributed by atoms with Crippen LogP contribution in [0.4, 0.5) is 0 Å². The number of hydrogen-bond acceptors (Lipinski definition) is 5. The summed E-state index contributed by atoms with van der Waals surface area (Å²) in [6, 6.07) is 16.1. The molecule has 2 N–H and O–H groups in total. The third-order valence-corrected chi connectivity index (χ3v) is 3.37. The lowest BCUT2D eigenvalue weighted by molar-refractivity contribution is -0.142. The number of benzene rings is 2. The van der Waals surface area contributed by atoms with Gasteiger partial charge >= 0.3 is 5.97 Å². The minimum atomic E-state index is -0.662. The number of nitriles is 1. The summed E-state index contributed by atoms with van der Waals surface area (Å²) in [6.45, 7) is 0.423. The van der Waals surface area contributed by atoms with Crippen LogP contribution in [0.15, 0.2) is 48.5 Å². The predicted octanol–water partition coefficient (Wildman–Crippen LogP) is 2.60. The van der Waals surface area contributed by atoms with E-state index in [0.29, 0.717) is 18.6 Å². The zero-order valence-electron chi connectivity index (χ0n) is 13.3. The lowest BCUT2D eigenvalue weighted by atomic mass is 10.1. The fourth-order valence-electron chi connectivity index (χ4n) is 2.05. The summed E-state index contributed by atoms with van der Waals surface area (Å²) >= 11 is 0. The van der Waals surface area contributed by atoms with Crippen LogP contribution in [0.25, 0.3) is 0 Å². The molecule has 0 bridgehead atoms. The van der Waals surface area contributed by atoms with E-state index in [1.54, 1.807) is 12.1 Å². The molecular weight excluding hydrogens is 328 g/mol. The molecule has 2 aromatic rings. The first-order valence-electron chi connectivity index (χ1n) is 7.16. The third kappa shape index (κ3) is 5.58. The highest BCUT2D eigenvalue weighted by molar-refractivity contribution is 5.85. The Labute approximate surface area is 147 Å². The van der Waals surface area contributed by atoms with Gasteiger partial charge in [0.2, 0.25) is 0 Å². The van der Waals surface area contributed by atoms with Gasteiger partial charge in [-0.2, -0.15) is 5.26 Å². The molecule has 24 heavy (non-hydrogen) atoms. The fraction of sp³-hybridized carbons (Fsp3) is 0.222. The Kier molecular flexibility index (Phi) is 7.76. The lowest BCUT2D eigenvalue weighted by Crippen LogP contribution is -2.33. The van der Waals surface area contributed by atoms with Crippen LogP contribution in [0, 0.1) is 11.3 Å². The summed E-state index contributed by atoms with van der Waals surface area (Å²) < 4.78 is 10.3. The fourth-order valence-corrected chi connectivity index (χ4v) is 2.05. The average molecular weight is 347 g/mol. The van der Waals surface area contributed by atoms with Gasteiger partial charge in [-0.3, -0.25) is 4.79 Å². The van der Waals surface area contributed by atoms with E-state index in [4.69, 9.17) is 15.7 Å². The molecule has 0 aliphatic rings. The first-order valence-corrected chi connectivity index (χ1v) is 7.16. The van der Waals surface area contributed by atoms with E-state index in [1.807, 2.05) is 36.4 Å². The number of halogens is 1. The second kappa shape index (κ2) is 9.56. The molecule has 0 aliphatic carbocycles. The lowest BCUT2D eigenvalue weighted by Gasteiger charge is -2.10. The zero-order chi connectivity index (χ0) is 16.7. The molecule has 0 aromatic heterocycles. The molecule has 2 rings (SSSR count). The smallest absolute Gasteiger partial charge is 0.322 e. The van der Waals surface area contributed by atoms with Crippen molar-refractivity contribution in [3.05, 3.63) is 65.2 Å². The quantitative estimate of drug-likeness (QED) is 0.812. The number of carbonyl (C=O) groups excluding carboxylic acids is 1. The number of carbonyl (C=O) groups is 1. The summed E-state index contributed by atoms with van der Waals surface area (Å²) in [4.78, 5) is 11.3. The van der Waals surface area contributed by atoms with Crippen molar-refractivity contribution < 1.29 is 14.3 Å². The summed E-state index contributed by atoms with van der Waals surface area (Å²) in [5.74, 6) is 0.302. The monoisotopic (exact) mass is 346 g/mol. The van der Waals surface area contributed by atoms with Crippen LogP contribution in [-0.2, 0) is 22.6 Å². The van der Waals surface area contributed by atoms with E-state index >= 15 is 0 Å². The van der Waals surface area contributed by atoms with Gasteiger partial charge in [0.25, 0.3) is 0 Å². The first-order chi connectivity index (χ1) is 11.1. The molecule has 0 saturated heterocycles. The molecule has 0 saturated carbocycles. The van der Waals surface area contributed by atoms with Crippen LogP contribution in [0.5, 0.6) is 5.75 Å². The SMILES string of the molecule is COC(=O)C(N)Cc1ccc(OCc2ccc(C#N)cc2)cc1.Cl. The largest absolute Gasteiger partial charge is 0.489 e. The summed E-state index contributed by atoms with van der Waals surface area (Å²) in [5, 5.41) is 8.76. The van der Waals surface area contributed by atoms with Gasteiger partial charge in [-0.1, -0.05) is 24.3 Å². The Balaban J connectivity index is 0.00000288. The standard InChI is InChI=1S/C18H18N2O3.ClH/c1-22-18(21)17(20)10-13-6-8-16(9-7-13)23-12-15-4-2-14(11-19)3-5-15;/h2-9,17H,10,12,20H2,1H3;1H. The van der Waals surface area contributed by atoms with Crippen molar-refractivity contribution in [1.29, 1.82) is 5.26 Å². The minimum absolute atomic E-state index is 0. The Morgan fingerprint density at radius 3 is 2.25 bits per heavy atom. The van der Waals surface area contributed by atoms with Gasteiger partial charge in [0.05, 0.1) is 18.7 Å². The van der Waals surface area contributed by atoms with Crippen LogP contribution in [0.1, 0.15) is 16.7 Å². The van der Waals surface area contributed by atoms with E-state index in [-0.39, 0.29) is 12.4 Å². The Morgan fingerprint density at radius 2 is 1.71 bits per heavy atom. The van der Waals surface area contributed by atoms with E-state index in [2.05, 4.69) is 10.8 Å². The zero-order valence-corrected chi connectivity index (χ0v) is 14.1. The van der Waals surface area contributed by atoms with Crippen molar-refractivity contribution in [2.45, 2.75) is 19.1 Å². The number of nitrogens with zero attached hydrogens (tertiary/aromatic N) is 1. The van der Waals surface area contributed by atoms with Gasteiger partial charge in [-0.15, -0.1) is 12.4 Å². The predicted molar refractivity (Wildman–Crippen MR) is 92.9 cm³/mol. The molecule has 2 aromatic carbocycles. The molecule has 6 heteroatoms. The van der Waals surface area contributed by atoms with E-state index in [1.165, 1.54) is 7.11 Å². The van der Waals surface area contributed by atoms with Crippen molar-refractivity contribution in [3.8, 4) is 11.8 Å².